The van der Waals surface area contributed by atoms with Gasteiger partial charge in [0.05, 0.1) is 10.6 Å². The van der Waals surface area contributed by atoms with Gasteiger partial charge in [0.2, 0.25) is 0 Å². The summed E-state index contributed by atoms with van der Waals surface area (Å²) >= 11 is 5.77. The second-order valence-corrected chi connectivity index (χ2v) is 3.89. The lowest BCUT2D eigenvalue weighted by Gasteiger charge is -2.05. The van der Waals surface area contributed by atoms with Gasteiger partial charge in [-0.2, -0.15) is 0 Å². The van der Waals surface area contributed by atoms with Crippen molar-refractivity contribution in [3.05, 3.63) is 63.4 Å². The van der Waals surface area contributed by atoms with Crippen LogP contribution in [-0.2, 0) is 6.61 Å². The third-order valence-corrected chi connectivity index (χ3v) is 2.53. The Morgan fingerprint density at radius 1 is 1.33 bits per heavy atom. The Morgan fingerprint density at radius 2 is 2.17 bits per heavy atom. The molecule has 92 valence electrons. The minimum absolute atomic E-state index is 0.0542. The predicted octanol–water partition coefficient (Wildman–Crippen LogP) is 3.22. The number of halogens is 1. The fourth-order valence-electron chi connectivity index (χ4n) is 1.37. The molecule has 0 unspecified atom stereocenters. The molecule has 0 aliphatic carbocycles. The lowest BCUT2D eigenvalue weighted by molar-refractivity contribution is -0.384. The van der Waals surface area contributed by atoms with E-state index in [2.05, 4.69) is 4.98 Å². The van der Waals surface area contributed by atoms with Gasteiger partial charge in [0.15, 0.2) is 0 Å². The smallest absolute Gasteiger partial charge is 0.288 e. The first-order chi connectivity index (χ1) is 8.66. The van der Waals surface area contributed by atoms with E-state index >= 15 is 0 Å². The van der Waals surface area contributed by atoms with Gasteiger partial charge in [-0.3, -0.25) is 15.1 Å². The first-order valence-corrected chi connectivity index (χ1v) is 5.51. The highest BCUT2D eigenvalue weighted by atomic mass is 35.5. The Kier molecular flexibility index (Phi) is 3.74. The number of nitro benzene ring substituents is 1. The Labute approximate surface area is 108 Å². The van der Waals surface area contributed by atoms with Gasteiger partial charge in [0, 0.05) is 18.3 Å². The van der Waals surface area contributed by atoms with Crippen LogP contribution in [0.25, 0.3) is 0 Å². The zero-order chi connectivity index (χ0) is 13.0. The van der Waals surface area contributed by atoms with E-state index in [4.69, 9.17) is 16.3 Å². The van der Waals surface area contributed by atoms with Gasteiger partial charge in [-0.1, -0.05) is 17.7 Å². The summed E-state index contributed by atoms with van der Waals surface area (Å²) < 4.78 is 5.44. The van der Waals surface area contributed by atoms with E-state index in [1.54, 1.807) is 6.20 Å². The third kappa shape index (κ3) is 2.95. The number of aromatic nitrogens is 1. The zero-order valence-corrected chi connectivity index (χ0v) is 10.0. The number of hydrogen-bond donors (Lipinski definition) is 0. The third-order valence-electron chi connectivity index (χ3n) is 2.23. The van der Waals surface area contributed by atoms with E-state index in [9.17, 15) is 10.1 Å². The van der Waals surface area contributed by atoms with Crippen LogP contribution in [0, 0.1) is 10.1 Å². The van der Waals surface area contributed by atoms with E-state index in [1.807, 2.05) is 18.2 Å². The van der Waals surface area contributed by atoms with Gasteiger partial charge in [-0.05, 0) is 18.2 Å². The fourth-order valence-corrected chi connectivity index (χ4v) is 1.61. The monoisotopic (exact) mass is 264 g/mol. The van der Waals surface area contributed by atoms with E-state index in [0.29, 0.717) is 5.75 Å². The normalized spacial score (nSPS) is 10.1. The standard InChI is InChI=1S/C12H9ClN2O3/c13-11-7-10(4-5-12(11)15(16)17)18-8-9-3-1-2-6-14-9/h1-7H,8H2. The predicted molar refractivity (Wildman–Crippen MR) is 66.7 cm³/mol. The van der Waals surface area contributed by atoms with Crippen LogP contribution in [-0.4, -0.2) is 9.91 Å². The molecule has 0 aliphatic heterocycles. The molecule has 1 aromatic heterocycles. The lowest BCUT2D eigenvalue weighted by atomic mass is 10.3. The molecule has 2 rings (SSSR count). The van der Waals surface area contributed by atoms with Crippen LogP contribution in [0.1, 0.15) is 5.69 Å². The molecule has 0 bridgehead atoms. The maximum atomic E-state index is 10.6. The molecule has 6 heteroatoms. The number of hydrogen-bond acceptors (Lipinski definition) is 4. The van der Waals surface area contributed by atoms with E-state index in [-0.39, 0.29) is 17.3 Å². The molecular formula is C12H9ClN2O3. The Morgan fingerprint density at radius 3 is 2.78 bits per heavy atom. The molecule has 0 radical (unpaired) electrons. The maximum absolute atomic E-state index is 10.6. The summed E-state index contributed by atoms with van der Waals surface area (Å²) in [5, 5.41) is 10.6. The topological polar surface area (TPSA) is 65.3 Å². The van der Waals surface area contributed by atoms with Crippen molar-refractivity contribution in [2.45, 2.75) is 6.61 Å². The van der Waals surface area contributed by atoms with Crippen molar-refractivity contribution in [2.24, 2.45) is 0 Å². The van der Waals surface area contributed by atoms with Gasteiger partial charge in [-0.25, -0.2) is 0 Å². The molecule has 2 aromatic rings. The Hall–Kier alpha value is -2.14. The van der Waals surface area contributed by atoms with Crippen LogP contribution in [0.5, 0.6) is 5.75 Å². The minimum atomic E-state index is -0.537. The summed E-state index contributed by atoms with van der Waals surface area (Å²) in [6.07, 6.45) is 1.67. The molecule has 0 spiro atoms. The average molecular weight is 265 g/mol. The maximum Gasteiger partial charge on any atom is 0.288 e. The number of rotatable bonds is 4. The second-order valence-electron chi connectivity index (χ2n) is 3.48. The van der Waals surface area contributed by atoms with Crippen LogP contribution < -0.4 is 4.74 Å². The summed E-state index contributed by atoms with van der Waals surface area (Å²) in [7, 11) is 0. The first-order valence-electron chi connectivity index (χ1n) is 5.13. The van der Waals surface area contributed by atoms with Crippen LogP contribution in [0.4, 0.5) is 5.69 Å². The van der Waals surface area contributed by atoms with Crippen LogP contribution >= 0.6 is 11.6 Å². The van der Waals surface area contributed by atoms with Gasteiger partial charge in [0.25, 0.3) is 5.69 Å². The highest BCUT2D eigenvalue weighted by Gasteiger charge is 2.12. The van der Waals surface area contributed by atoms with E-state index in [0.717, 1.165) is 5.69 Å². The SMILES string of the molecule is O=[N+]([O-])c1ccc(OCc2ccccn2)cc1Cl. The van der Waals surface area contributed by atoms with E-state index < -0.39 is 4.92 Å². The highest BCUT2D eigenvalue weighted by molar-refractivity contribution is 6.32. The molecule has 0 amide bonds. The molecule has 0 N–H and O–H groups in total. The number of ether oxygens (including phenoxy) is 1. The molecule has 1 aromatic carbocycles. The van der Waals surface area contributed by atoms with Crippen molar-refractivity contribution >= 4 is 17.3 Å². The molecule has 1 heterocycles. The van der Waals surface area contributed by atoms with Crippen molar-refractivity contribution in [3.8, 4) is 5.75 Å². The number of pyridine rings is 1. The molecule has 0 aliphatic rings. The second kappa shape index (κ2) is 5.46. The highest BCUT2D eigenvalue weighted by Crippen LogP contribution is 2.28. The van der Waals surface area contributed by atoms with Crippen molar-refractivity contribution < 1.29 is 9.66 Å². The van der Waals surface area contributed by atoms with Crippen molar-refractivity contribution in [2.75, 3.05) is 0 Å². The van der Waals surface area contributed by atoms with Gasteiger partial charge >= 0.3 is 0 Å². The number of benzene rings is 1. The van der Waals surface area contributed by atoms with E-state index in [1.165, 1.54) is 18.2 Å². The summed E-state index contributed by atoms with van der Waals surface area (Å²) in [5.41, 5.74) is 0.633. The molecule has 0 atom stereocenters. The largest absolute Gasteiger partial charge is 0.487 e. The summed E-state index contributed by atoms with van der Waals surface area (Å²) in [4.78, 5) is 14.1. The average Bonchev–Trinajstić information content (AvgIpc) is 2.37. The van der Waals surface area contributed by atoms with Crippen LogP contribution in [0.2, 0.25) is 5.02 Å². The molecule has 18 heavy (non-hydrogen) atoms. The first kappa shape index (κ1) is 12.3. The molecule has 5 nitrogen and oxygen atoms in total. The van der Waals surface area contributed by atoms with Crippen molar-refractivity contribution in [1.82, 2.24) is 4.98 Å². The Bertz CT molecular complexity index is 561. The molecule has 0 fully saturated rings. The summed E-state index contributed by atoms with van der Waals surface area (Å²) in [6, 6.07) is 9.74. The molecular weight excluding hydrogens is 256 g/mol. The zero-order valence-electron chi connectivity index (χ0n) is 9.25. The minimum Gasteiger partial charge on any atom is -0.487 e. The quantitative estimate of drug-likeness (QED) is 0.628. The van der Waals surface area contributed by atoms with Crippen LogP contribution in [0.3, 0.4) is 0 Å². The molecule has 0 saturated carbocycles. The summed E-state index contributed by atoms with van der Waals surface area (Å²) in [5.74, 6) is 0.469. The number of nitrogens with zero attached hydrogens (tertiary/aromatic N) is 2. The Balaban J connectivity index is 2.07. The van der Waals surface area contributed by atoms with Crippen molar-refractivity contribution in [1.29, 1.82) is 0 Å². The molecule has 0 saturated heterocycles. The van der Waals surface area contributed by atoms with Crippen LogP contribution in [0.15, 0.2) is 42.6 Å². The fraction of sp³-hybridized carbons (Fsp3) is 0.0833. The van der Waals surface area contributed by atoms with Crippen molar-refractivity contribution in [3.63, 3.8) is 0 Å². The lowest BCUT2D eigenvalue weighted by Crippen LogP contribution is -1.98. The van der Waals surface area contributed by atoms with Gasteiger partial charge < -0.3 is 4.74 Å². The number of nitro groups is 1. The van der Waals surface area contributed by atoms with Gasteiger partial charge in [0.1, 0.15) is 17.4 Å². The summed E-state index contributed by atoms with van der Waals surface area (Å²) in [6.45, 7) is 0.287. The van der Waals surface area contributed by atoms with Gasteiger partial charge in [-0.15, -0.1) is 0 Å².